The summed E-state index contributed by atoms with van der Waals surface area (Å²) in [6.45, 7) is 3.66. The SMILES string of the molecule is O=C(c1ccn(COc2ccc(F)c(Cl)c2)n1)N1CCN(Cc2ccco2)CC1. The van der Waals surface area contributed by atoms with Gasteiger partial charge >= 0.3 is 0 Å². The van der Waals surface area contributed by atoms with Crippen molar-refractivity contribution in [3.05, 3.63) is 71.2 Å². The van der Waals surface area contributed by atoms with Crippen LogP contribution in [0.5, 0.6) is 5.75 Å². The van der Waals surface area contributed by atoms with Gasteiger partial charge in [-0.3, -0.25) is 9.69 Å². The van der Waals surface area contributed by atoms with Crippen molar-refractivity contribution in [3.8, 4) is 5.75 Å². The second-order valence-corrected chi connectivity index (χ2v) is 7.14. The molecule has 2 aromatic heterocycles. The summed E-state index contributed by atoms with van der Waals surface area (Å²) in [5, 5.41) is 4.28. The predicted molar refractivity (Wildman–Crippen MR) is 104 cm³/mol. The molecule has 0 atom stereocenters. The number of furan rings is 1. The standard InChI is InChI=1S/C20H20ClFN4O3/c21-17-12-15(3-4-18(17)22)29-14-26-6-5-19(23-26)20(27)25-9-7-24(8-10-25)13-16-2-1-11-28-16/h1-6,11-12H,7-10,13-14H2. The Morgan fingerprint density at radius 2 is 2.03 bits per heavy atom. The summed E-state index contributed by atoms with van der Waals surface area (Å²) in [5.74, 6) is 0.736. The number of carbonyl (C=O) groups is 1. The molecule has 1 aliphatic rings. The van der Waals surface area contributed by atoms with Crippen LogP contribution in [0.15, 0.2) is 53.3 Å². The Morgan fingerprint density at radius 3 is 2.76 bits per heavy atom. The lowest BCUT2D eigenvalue weighted by Gasteiger charge is -2.33. The van der Waals surface area contributed by atoms with E-state index in [0.717, 1.165) is 25.4 Å². The molecular formula is C20H20ClFN4O3. The summed E-state index contributed by atoms with van der Waals surface area (Å²) in [6, 6.07) is 9.61. The number of carbonyl (C=O) groups excluding carboxylic acids is 1. The van der Waals surface area contributed by atoms with E-state index in [1.165, 1.54) is 22.9 Å². The van der Waals surface area contributed by atoms with E-state index in [-0.39, 0.29) is 17.7 Å². The van der Waals surface area contributed by atoms with Crippen LogP contribution in [0.25, 0.3) is 0 Å². The van der Waals surface area contributed by atoms with Crippen molar-refractivity contribution < 1.29 is 18.3 Å². The molecule has 1 aliphatic heterocycles. The Bertz CT molecular complexity index is 968. The Labute approximate surface area is 172 Å². The van der Waals surface area contributed by atoms with Crippen LogP contribution < -0.4 is 4.74 Å². The van der Waals surface area contributed by atoms with E-state index in [9.17, 15) is 9.18 Å². The second-order valence-electron chi connectivity index (χ2n) is 6.74. The van der Waals surface area contributed by atoms with Crippen LogP contribution in [0.4, 0.5) is 4.39 Å². The molecule has 152 valence electrons. The van der Waals surface area contributed by atoms with Gasteiger partial charge in [-0.2, -0.15) is 5.10 Å². The van der Waals surface area contributed by atoms with Crippen LogP contribution in [0.3, 0.4) is 0 Å². The predicted octanol–water partition coefficient (Wildman–Crippen LogP) is 3.26. The highest BCUT2D eigenvalue weighted by Gasteiger charge is 2.24. The molecule has 0 saturated carbocycles. The smallest absolute Gasteiger partial charge is 0.274 e. The molecule has 3 heterocycles. The molecule has 1 saturated heterocycles. The highest BCUT2D eigenvalue weighted by Crippen LogP contribution is 2.21. The number of rotatable bonds is 6. The van der Waals surface area contributed by atoms with E-state index in [4.69, 9.17) is 20.8 Å². The molecule has 9 heteroatoms. The molecule has 1 amide bonds. The maximum Gasteiger partial charge on any atom is 0.274 e. The first kappa shape index (κ1) is 19.5. The molecule has 0 aliphatic carbocycles. The normalized spacial score (nSPS) is 14.9. The number of benzene rings is 1. The third-order valence-corrected chi connectivity index (χ3v) is 5.02. The molecule has 7 nitrogen and oxygen atoms in total. The van der Waals surface area contributed by atoms with Crippen LogP contribution >= 0.6 is 11.6 Å². The van der Waals surface area contributed by atoms with Gasteiger partial charge in [0.15, 0.2) is 12.4 Å². The molecular weight excluding hydrogens is 399 g/mol. The first-order valence-corrected chi connectivity index (χ1v) is 9.61. The summed E-state index contributed by atoms with van der Waals surface area (Å²) < 4.78 is 25.6. The van der Waals surface area contributed by atoms with Gasteiger partial charge in [-0.15, -0.1) is 0 Å². The molecule has 0 bridgehead atoms. The number of aromatic nitrogens is 2. The van der Waals surface area contributed by atoms with E-state index in [2.05, 4.69) is 10.00 Å². The Hall–Kier alpha value is -2.84. The maximum absolute atomic E-state index is 13.2. The molecule has 0 N–H and O–H groups in total. The summed E-state index contributed by atoms with van der Waals surface area (Å²) in [7, 11) is 0. The molecule has 0 spiro atoms. The highest BCUT2D eigenvalue weighted by molar-refractivity contribution is 6.30. The van der Waals surface area contributed by atoms with Gasteiger partial charge in [0.2, 0.25) is 0 Å². The Kier molecular flexibility index (Phi) is 5.82. The first-order valence-electron chi connectivity index (χ1n) is 9.24. The van der Waals surface area contributed by atoms with Gasteiger partial charge < -0.3 is 14.1 Å². The second kappa shape index (κ2) is 8.67. The van der Waals surface area contributed by atoms with E-state index in [0.29, 0.717) is 24.5 Å². The van der Waals surface area contributed by atoms with E-state index in [1.807, 2.05) is 12.1 Å². The number of piperazine rings is 1. The van der Waals surface area contributed by atoms with Crippen molar-refractivity contribution in [2.45, 2.75) is 13.3 Å². The zero-order chi connectivity index (χ0) is 20.2. The Morgan fingerprint density at radius 1 is 1.21 bits per heavy atom. The van der Waals surface area contributed by atoms with Crippen molar-refractivity contribution in [3.63, 3.8) is 0 Å². The molecule has 29 heavy (non-hydrogen) atoms. The van der Waals surface area contributed by atoms with Crippen LogP contribution in [-0.4, -0.2) is 51.7 Å². The number of hydrogen-bond acceptors (Lipinski definition) is 5. The van der Waals surface area contributed by atoms with Crippen LogP contribution in [0.2, 0.25) is 5.02 Å². The van der Waals surface area contributed by atoms with Gasteiger partial charge in [0, 0.05) is 38.4 Å². The number of nitrogens with zero attached hydrogens (tertiary/aromatic N) is 4. The monoisotopic (exact) mass is 418 g/mol. The fraction of sp³-hybridized carbons (Fsp3) is 0.300. The van der Waals surface area contributed by atoms with E-state index < -0.39 is 5.82 Å². The van der Waals surface area contributed by atoms with Gasteiger partial charge in [-0.1, -0.05) is 11.6 Å². The lowest BCUT2D eigenvalue weighted by atomic mass is 10.2. The zero-order valence-corrected chi connectivity index (χ0v) is 16.4. The summed E-state index contributed by atoms with van der Waals surface area (Å²) in [5.41, 5.74) is 0.366. The van der Waals surface area contributed by atoms with E-state index >= 15 is 0 Å². The average Bonchev–Trinajstić information content (AvgIpc) is 3.41. The minimum absolute atomic E-state index is 0.00924. The summed E-state index contributed by atoms with van der Waals surface area (Å²) in [6.07, 6.45) is 3.34. The average molecular weight is 419 g/mol. The third-order valence-electron chi connectivity index (χ3n) is 4.73. The van der Waals surface area contributed by atoms with Crippen molar-refractivity contribution in [2.24, 2.45) is 0 Å². The van der Waals surface area contributed by atoms with Gasteiger partial charge in [0.1, 0.15) is 17.3 Å². The third kappa shape index (κ3) is 4.78. The van der Waals surface area contributed by atoms with Crippen molar-refractivity contribution in [2.75, 3.05) is 26.2 Å². The lowest BCUT2D eigenvalue weighted by Crippen LogP contribution is -2.48. The fourth-order valence-corrected chi connectivity index (χ4v) is 3.32. The van der Waals surface area contributed by atoms with Gasteiger partial charge in [-0.25, -0.2) is 9.07 Å². The van der Waals surface area contributed by atoms with Crippen molar-refractivity contribution in [1.29, 1.82) is 0 Å². The first-order chi connectivity index (χ1) is 14.1. The Balaban J connectivity index is 1.28. The molecule has 1 fully saturated rings. The number of halogens is 2. The number of hydrogen-bond donors (Lipinski definition) is 0. The lowest BCUT2D eigenvalue weighted by molar-refractivity contribution is 0.0612. The van der Waals surface area contributed by atoms with Gasteiger partial charge in [0.25, 0.3) is 5.91 Å². The minimum atomic E-state index is -0.504. The van der Waals surface area contributed by atoms with Crippen molar-refractivity contribution >= 4 is 17.5 Å². The number of amides is 1. The largest absolute Gasteiger partial charge is 0.471 e. The molecule has 0 unspecified atom stereocenters. The van der Waals surface area contributed by atoms with Crippen LogP contribution in [0, 0.1) is 5.82 Å². The quantitative estimate of drug-likeness (QED) is 0.614. The van der Waals surface area contributed by atoms with E-state index in [1.54, 1.807) is 23.4 Å². The fourth-order valence-electron chi connectivity index (χ4n) is 3.15. The van der Waals surface area contributed by atoms with Crippen molar-refractivity contribution in [1.82, 2.24) is 19.6 Å². The molecule has 3 aromatic rings. The van der Waals surface area contributed by atoms with Gasteiger partial charge in [-0.05, 0) is 30.3 Å². The number of ether oxygens (including phenoxy) is 1. The van der Waals surface area contributed by atoms with Gasteiger partial charge in [0.05, 0.1) is 17.8 Å². The maximum atomic E-state index is 13.2. The topological polar surface area (TPSA) is 63.7 Å². The molecule has 0 radical (unpaired) electrons. The zero-order valence-electron chi connectivity index (χ0n) is 15.6. The van der Waals surface area contributed by atoms with Crippen LogP contribution in [-0.2, 0) is 13.3 Å². The highest BCUT2D eigenvalue weighted by atomic mass is 35.5. The van der Waals surface area contributed by atoms with Crippen LogP contribution in [0.1, 0.15) is 16.2 Å². The summed E-state index contributed by atoms with van der Waals surface area (Å²) >= 11 is 5.74. The minimum Gasteiger partial charge on any atom is -0.471 e. The molecule has 4 rings (SSSR count). The summed E-state index contributed by atoms with van der Waals surface area (Å²) in [4.78, 5) is 16.8. The molecule has 1 aromatic carbocycles.